The Kier molecular flexibility index (Phi) is 4.18. The summed E-state index contributed by atoms with van der Waals surface area (Å²) < 4.78 is 0. The van der Waals surface area contributed by atoms with Crippen molar-refractivity contribution in [3.05, 3.63) is 0 Å². The Morgan fingerprint density at radius 3 is 2.40 bits per heavy atom. The number of hydrogen-bond donors (Lipinski definition) is 2. The number of nitrogens with zero attached hydrogens (tertiary/aromatic N) is 4. The highest BCUT2D eigenvalue weighted by Crippen LogP contribution is 2.23. The van der Waals surface area contributed by atoms with Crippen molar-refractivity contribution in [1.82, 2.24) is 15.0 Å². The Balaban J connectivity index is 1.78. The second kappa shape index (κ2) is 6.24. The Hall–Kier alpha value is -1.59. The van der Waals surface area contributed by atoms with Crippen molar-refractivity contribution in [3.63, 3.8) is 0 Å². The van der Waals surface area contributed by atoms with Crippen LogP contribution in [0.4, 0.5) is 17.8 Å². The summed E-state index contributed by atoms with van der Waals surface area (Å²) in [7, 11) is 0. The Bertz CT molecular complexity index is 439. The van der Waals surface area contributed by atoms with E-state index in [1.807, 2.05) is 0 Å². The summed E-state index contributed by atoms with van der Waals surface area (Å²) in [6.07, 6.45) is 7.53. The first-order chi connectivity index (χ1) is 9.85. The SMILES string of the molecule is CCNc1nc(NC2CCC2)nc(N2CCCCC2)n1. The van der Waals surface area contributed by atoms with E-state index in [2.05, 4.69) is 37.4 Å². The van der Waals surface area contributed by atoms with E-state index in [1.165, 1.54) is 38.5 Å². The summed E-state index contributed by atoms with van der Waals surface area (Å²) in [4.78, 5) is 15.9. The van der Waals surface area contributed by atoms with Crippen LogP contribution in [-0.4, -0.2) is 40.6 Å². The van der Waals surface area contributed by atoms with E-state index in [0.29, 0.717) is 12.0 Å². The summed E-state index contributed by atoms with van der Waals surface area (Å²) in [5, 5.41) is 6.64. The fourth-order valence-corrected chi connectivity index (χ4v) is 2.64. The number of hydrogen-bond acceptors (Lipinski definition) is 6. The van der Waals surface area contributed by atoms with Crippen molar-refractivity contribution in [2.45, 2.75) is 51.5 Å². The molecule has 20 heavy (non-hydrogen) atoms. The molecule has 1 aromatic rings. The Morgan fingerprint density at radius 2 is 1.75 bits per heavy atom. The molecule has 0 amide bonds. The largest absolute Gasteiger partial charge is 0.354 e. The zero-order chi connectivity index (χ0) is 13.8. The van der Waals surface area contributed by atoms with Gasteiger partial charge in [-0.1, -0.05) is 0 Å². The Morgan fingerprint density at radius 1 is 1.00 bits per heavy atom. The average Bonchev–Trinajstić information content (AvgIpc) is 2.44. The van der Waals surface area contributed by atoms with Gasteiger partial charge in [-0.05, 0) is 45.4 Å². The normalized spacial score (nSPS) is 19.6. The van der Waals surface area contributed by atoms with E-state index in [0.717, 1.165) is 31.5 Å². The topological polar surface area (TPSA) is 66.0 Å². The van der Waals surface area contributed by atoms with Crippen LogP contribution in [0.25, 0.3) is 0 Å². The average molecular weight is 276 g/mol. The first kappa shape index (κ1) is 13.4. The first-order valence-corrected chi connectivity index (χ1v) is 7.86. The minimum absolute atomic E-state index is 0.543. The molecule has 2 N–H and O–H groups in total. The predicted molar refractivity (Wildman–Crippen MR) is 81.3 cm³/mol. The van der Waals surface area contributed by atoms with Gasteiger partial charge in [0.15, 0.2) is 0 Å². The third-order valence-corrected chi connectivity index (χ3v) is 4.04. The highest BCUT2D eigenvalue weighted by molar-refractivity contribution is 5.44. The first-order valence-electron chi connectivity index (χ1n) is 7.86. The van der Waals surface area contributed by atoms with E-state index >= 15 is 0 Å². The fourth-order valence-electron chi connectivity index (χ4n) is 2.64. The van der Waals surface area contributed by atoms with Gasteiger partial charge in [-0.15, -0.1) is 0 Å². The van der Waals surface area contributed by atoms with Crippen molar-refractivity contribution in [3.8, 4) is 0 Å². The van der Waals surface area contributed by atoms with Gasteiger partial charge >= 0.3 is 0 Å². The highest BCUT2D eigenvalue weighted by Gasteiger charge is 2.20. The molecule has 1 saturated heterocycles. The van der Waals surface area contributed by atoms with Crippen LogP contribution in [0.5, 0.6) is 0 Å². The lowest BCUT2D eigenvalue weighted by atomic mass is 9.93. The van der Waals surface area contributed by atoms with Crippen LogP contribution >= 0.6 is 0 Å². The maximum atomic E-state index is 4.61. The van der Waals surface area contributed by atoms with Gasteiger partial charge in [-0.25, -0.2) is 0 Å². The van der Waals surface area contributed by atoms with Crippen molar-refractivity contribution in [1.29, 1.82) is 0 Å². The fraction of sp³-hybridized carbons (Fsp3) is 0.786. The third-order valence-electron chi connectivity index (χ3n) is 4.04. The van der Waals surface area contributed by atoms with Gasteiger partial charge in [-0.2, -0.15) is 15.0 Å². The third kappa shape index (κ3) is 3.11. The molecule has 1 aliphatic heterocycles. The smallest absolute Gasteiger partial charge is 0.231 e. The minimum Gasteiger partial charge on any atom is -0.354 e. The number of aromatic nitrogens is 3. The van der Waals surface area contributed by atoms with E-state index in [-0.39, 0.29) is 0 Å². The quantitative estimate of drug-likeness (QED) is 0.860. The van der Waals surface area contributed by atoms with E-state index in [4.69, 9.17) is 0 Å². The standard InChI is InChI=1S/C14H24N6/c1-2-15-12-17-13(16-11-7-6-8-11)19-14(18-12)20-9-4-3-5-10-20/h11H,2-10H2,1H3,(H2,15,16,17,18,19). The molecular weight excluding hydrogens is 252 g/mol. The van der Waals surface area contributed by atoms with Gasteiger partial charge in [0.2, 0.25) is 17.8 Å². The number of rotatable bonds is 5. The number of piperidine rings is 1. The van der Waals surface area contributed by atoms with Gasteiger partial charge in [0, 0.05) is 25.7 Å². The van der Waals surface area contributed by atoms with Gasteiger partial charge in [0.05, 0.1) is 0 Å². The highest BCUT2D eigenvalue weighted by atomic mass is 15.3. The maximum absolute atomic E-state index is 4.61. The molecule has 6 heteroatoms. The number of anilines is 3. The lowest BCUT2D eigenvalue weighted by Crippen LogP contribution is -2.33. The molecule has 0 aromatic carbocycles. The van der Waals surface area contributed by atoms with Crippen LogP contribution in [0.2, 0.25) is 0 Å². The van der Waals surface area contributed by atoms with E-state index in [1.54, 1.807) is 0 Å². The Labute approximate surface area is 120 Å². The number of nitrogens with one attached hydrogen (secondary N) is 2. The van der Waals surface area contributed by atoms with Gasteiger partial charge in [0.25, 0.3) is 0 Å². The molecule has 0 atom stereocenters. The molecule has 0 spiro atoms. The van der Waals surface area contributed by atoms with Crippen LogP contribution in [0.1, 0.15) is 45.4 Å². The minimum atomic E-state index is 0.543. The summed E-state index contributed by atoms with van der Waals surface area (Å²) in [5.74, 6) is 2.23. The maximum Gasteiger partial charge on any atom is 0.231 e. The molecular formula is C14H24N6. The molecule has 2 aliphatic rings. The van der Waals surface area contributed by atoms with Crippen LogP contribution in [0.15, 0.2) is 0 Å². The molecule has 6 nitrogen and oxygen atoms in total. The lowest BCUT2D eigenvalue weighted by Gasteiger charge is -2.29. The summed E-state index contributed by atoms with van der Waals surface area (Å²) in [6, 6.07) is 0.543. The summed E-state index contributed by atoms with van der Waals surface area (Å²) in [6.45, 7) is 4.99. The molecule has 0 unspecified atom stereocenters. The van der Waals surface area contributed by atoms with E-state index in [9.17, 15) is 0 Å². The van der Waals surface area contributed by atoms with Crippen molar-refractivity contribution < 1.29 is 0 Å². The molecule has 110 valence electrons. The van der Waals surface area contributed by atoms with Gasteiger partial charge < -0.3 is 15.5 Å². The monoisotopic (exact) mass is 276 g/mol. The van der Waals surface area contributed by atoms with Crippen LogP contribution in [0, 0.1) is 0 Å². The van der Waals surface area contributed by atoms with Crippen molar-refractivity contribution >= 4 is 17.8 Å². The zero-order valence-corrected chi connectivity index (χ0v) is 12.2. The van der Waals surface area contributed by atoms with Gasteiger partial charge in [-0.3, -0.25) is 0 Å². The molecule has 2 fully saturated rings. The molecule has 1 aromatic heterocycles. The molecule has 2 heterocycles. The lowest BCUT2D eigenvalue weighted by molar-refractivity contribution is 0.443. The van der Waals surface area contributed by atoms with Gasteiger partial charge in [0.1, 0.15) is 0 Å². The van der Waals surface area contributed by atoms with Crippen LogP contribution in [-0.2, 0) is 0 Å². The summed E-state index contributed by atoms with van der Waals surface area (Å²) in [5.41, 5.74) is 0. The summed E-state index contributed by atoms with van der Waals surface area (Å²) >= 11 is 0. The van der Waals surface area contributed by atoms with Crippen molar-refractivity contribution in [2.24, 2.45) is 0 Å². The molecule has 0 radical (unpaired) electrons. The van der Waals surface area contributed by atoms with E-state index < -0.39 is 0 Å². The van der Waals surface area contributed by atoms with Crippen molar-refractivity contribution in [2.75, 3.05) is 35.2 Å². The second-order valence-electron chi connectivity index (χ2n) is 5.63. The second-order valence-corrected chi connectivity index (χ2v) is 5.63. The van der Waals surface area contributed by atoms with Crippen LogP contribution in [0.3, 0.4) is 0 Å². The molecule has 0 bridgehead atoms. The molecule has 1 saturated carbocycles. The molecule has 3 rings (SSSR count). The predicted octanol–water partition coefficient (Wildman–Crippen LogP) is 2.26. The van der Waals surface area contributed by atoms with Crippen LogP contribution < -0.4 is 15.5 Å². The zero-order valence-electron chi connectivity index (χ0n) is 12.2. The molecule has 1 aliphatic carbocycles.